The summed E-state index contributed by atoms with van der Waals surface area (Å²) in [5.74, 6) is 0.307. The number of hydrogen-bond acceptors (Lipinski definition) is 7. The van der Waals surface area contributed by atoms with E-state index in [0.717, 1.165) is 14.9 Å². The number of carbonyl (C=O) groups is 1. The molecule has 0 aliphatic rings. The van der Waals surface area contributed by atoms with Gasteiger partial charge in [-0.3, -0.25) is 9.10 Å². The predicted molar refractivity (Wildman–Crippen MR) is 135 cm³/mol. The molecule has 0 spiro atoms. The van der Waals surface area contributed by atoms with E-state index in [0.29, 0.717) is 11.5 Å². The molecular weight excluding hydrogens is 518 g/mol. The third kappa shape index (κ3) is 7.23. The number of nitrogens with one attached hydrogen (secondary N) is 1. The molecule has 0 aliphatic heterocycles. The number of carbonyl (C=O) groups excluding carboxylic acids is 1. The lowest BCUT2D eigenvalue weighted by molar-refractivity contribution is -0.122. The van der Waals surface area contributed by atoms with Crippen LogP contribution in [0, 0.1) is 0 Å². The Labute approximate surface area is 211 Å². The fourth-order valence-electron chi connectivity index (χ4n) is 3.23. The Morgan fingerprint density at radius 1 is 1.09 bits per heavy atom. The molecular formula is C22H30ClN3O7S2. The quantitative estimate of drug-likeness (QED) is 0.405. The summed E-state index contributed by atoms with van der Waals surface area (Å²) in [5.41, 5.74) is 0.240. The van der Waals surface area contributed by atoms with Crippen LogP contribution < -0.4 is 19.1 Å². The average molecular weight is 548 g/mol. The highest BCUT2D eigenvalue weighted by Crippen LogP contribution is 2.31. The van der Waals surface area contributed by atoms with E-state index in [-0.39, 0.29) is 35.2 Å². The van der Waals surface area contributed by atoms with Crippen molar-refractivity contribution in [3.05, 3.63) is 47.5 Å². The van der Waals surface area contributed by atoms with Gasteiger partial charge in [0.2, 0.25) is 26.0 Å². The lowest BCUT2D eigenvalue weighted by Crippen LogP contribution is -2.50. The van der Waals surface area contributed by atoms with E-state index in [1.807, 2.05) is 0 Å². The maximum Gasteiger partial charge on any atom is 0.244 e. The standard InChI is InChI=1S/C22H30ClN3O7S2/c1-6-20(26(34(5,28)29)16-7-12-21(32-4)19(23)15-16)22(27)24-13-14-33-17-8-10-18(11-9-17)35(30,31)25(2)3/h7-12,15,20H,6,13-14H2,1-5H3,(H,24,27). The summed E-state index contributed by atoms with van der Waals surface area (Å²) in [7, 11) is -3.02. The van der Waals surface area contributed by atoms with Crippen molar-refractivity contribution in [1.82, 2.24) is 9.62 Å². The van der Waals surface area contributed by atoms with Crippen molar-refractivity contribution in [1.29, 1.82) is 0 Å². The summed E-state index contributed by atoms with van der Waals surface area (Å²) in [5, 5.41) is 2.90. The first-order valence-corrected chi connectivity index (χ1v) is 14.3. The molecule has 0 saturated carbocycles. The second kappa shape index (κ2) is 11.9. The summed E-state index contributed by atoms with van der Waals surface area (Å²) in [6, 6.07) is 9.37. The molecule has 0 aliphatic carbocycles. The number of nitrogens with zero attached hydrogens (tertiary/aromatic N) is 2. The van der Waals surface area contributed by atoms with Crippen molar-refractivity contribution in [3.63, 3.8) is 0 Å². The number of rotatable bonds is 12. The summed E-state index contributed by atoms with van der Waals surface area (Å²) in [6.45, 7) is 1.90. The van der Waals surface area contributed by atoms with E-state index < -0.39 is 32.0 Å². The molecule has 1 atom stereocenters. The van der Waals surface area contributed by atoms with E-state index in [4.69, 9.17) is 21.1 Å². The molecule has 0 bridgehead atoms. The van der Waals surface area contributed by atoms with Crippen LogP contribution in [0.4, 0.5) is 5.69 Å². The Kier molecular flexibility index (Phi) is 9.78. The van der Waals surface area contributed by atoms with Gasteiger partial charge in [-0.05, 0) is 48.9 Å². The van der Waals surface area contributed by atoms with Crippen molar-refractivity contribution >= 4 is 43.2 Å². The maximum absolute atomic E-state index is 12.9. The van der Waals surface area contributed by atoms with Gasteiger partial charge >= 0.3 is 0 Å². The Morgan fingerprint density at radius 2 is 1.71 bits per heavy atom. The third-order valence-electron chi connectivity index (χ3n) is 4.99. The van der Waals surface area contributed by atoms with E-state index >= 15 is 0 Å². The normalized spacial score (nSPS) is 12.8. The number of hydrogen-bond donors (Lipinski definition) is 1. The topological polar surface area (TPSA) is 122 Å². The van der Waals surface area contributed by atoms with Gasteiger partial charge in [-0.25, -0.2) is 21.1 Å². The average Bonchev–Trinajstić information content (AvgIpc) is 2.79. The van der Waals surface area contributed by atoms with Crippen molar-refractivity contribution in [3.8, 4) is 11.5 Å². The van der Waals surface area contributed by atoms with Crippen LogP contribution in [-0.2, 0) is 24.8 Å². The van der Waals surface area contributed by atoms with Crippen LogP contribution in [0.3, 0.4) is 0 Å². The fourth-order valence-corrected chi connectivity index (χ4v) is 5.59. The molecule has 0 saturated heterocycles. The van der Waals surface area contributed by atoms with E-state index in [1.54, 1.807) is 6.92 Å². The number of methoxy groups -OCH3 is 1. The molecule has 1 N–H and O–H groups in total. The van der Waals surface area contributed by atoms with Gasteiger partial charge in [0.15, 0.2) is 0 Å². The Balaban J connectivity index is 2.05. The molecule has 13 heteroatoms. The monoisotopic (exact) mass is 547 g/mol. The minimum absolute atomic E-state index is 0.0925. The van der Waals surface area contributed by atoms with Gasteiger partial charge in [-0.15, -0.1) is 0 Å². The number of amides is 1. The van der Waals surface area contributed by atoms with Crippen molar-refractivity contribution < 1.29 is 31.1 Å². The van der Waals surface area contributed by atoms with Crippen molar-refractivity contribution in [2.75, 3.05) is 44.9 Å². The van der Waals surface area contributed by atoms with Gasteiger partial charge in [0.25, 0.3) is 0 Å². The molecule has 2 rings (SSSR count). The minimum atomic E-state index is -3.82. The lowest BCUT2D eigenvalue weighted by Gasteiger charge is -2.30. The second-order valence-corrected chi connectivity index (χ2v) is 12.1. The largest absolute Gasteiger partial charge is 0.495 e. The molecule has 1 unspecified atom stereocenters. The summed E-state index contributed by atoms with van der Waals surface area (Å²) < 4.78 is 62.2. The van der Waals surface area contributed by atoms with Crippen LogP contribution >= 0.6 is 11.6 Å². The van der Waals surface area contributed by atoms with E-state index in [9.17, 15) is 21.6 Å². The molecule has 2 aromatic carbocycles. The first kappa shape index (κ1) is 28.7. The second-order valence-electron chi connectivity index (χ2n) is 7.70. The Hall–Kier alpha value is -2.54. The number of anilines is 1. The van der Waals surface area contributed by atoms with Gasteiger partial charge < -0.3 is 14.8 Å². The fraction of sp³-hybridized carbons (Fsp3) is 0.409. The zero-order valence-electron chi connectivity index (χ0n) is 20.2. The minimum Gasteiger partial charge on any atom is -0.495 e. The first-order valence-electron chi connectivity index (χ1n) is 10.6. The summed E-state index contributed by atoms with van der Waals surface area (Å²) in [6.07, 6.45) is 1.23. The summed E-state index contributed by atoms with van der Waals surface area (Å²) in [4.78, 5) is 13.0. The molecule has 35 heavy (non-hydrogen) atoms. The maximum atomic E-state index is 12.9. The molecule has 2 aromatic rings. The highest BCUT2D eigenvalue weighted by atomic mass is 35.5. The molecule has 10 nitrogen and oxygen atoms in total. The van der Waals surface area contributed by atoms with Crippen molar-refractivity contribution in [2.24, 2.45) is 0 Å². The van der Waals surface area contributed by atoms with Gasteiger partial charge in [0.05, 0.1) is 35.5 Å². The first-order chi connectivity index (χ1) is 16.3. The van der Waals surface area contributed by atoms with Crippen LogP contribution in [0.5, 0.6) is 11.5 Å². The predicted octanol–water partition coefficient (Wildman–Crippen LogP) is 2.34. The van der Waals surface area contributed by atoms with Crippen molar-refractivity contribution in [2.45, 2.75) is 24.3 Å². The number of halogens is 1. The molecule has 194 valence electrons. The Morgan fingerprint density at radius 3 is 2.20 bits per heavy atom. The van der Waals surface area contributed by atoms with Crippen LogP contribution in [0.2, 0.25) is 5.02 Å². The number of benzene rings is 2. The molecule has 0 fully saturated rings. The molecule has 0 radical (unpaired) electrons. The van der Waals surface area contributed by atoms with E-state index in [1.165, 1.54) is 63.7 Å². The Bertz CT molecular complexity index is 1230. The SMILES string of the molecule is CCC(C(=O)NCCOc1ccc(S(=O)(=O)N(C)C)cc1)N(c1ccc(OC)c(Cl)c1)S(C)(=O)=O. The highest BCUT2D eigenvalue weighted by Gasteiger charge is 2.31. The lowest BCUT2D eigenvalue weighted by atomic mass is 10.2. The van der Waals surface area contributed by atoms with E-state index in [2.05, 4.69) is 5.32 Å². The van der Waals surface area contributed by atoms with Gasteiger partial charge in [0.1, 0.15) is 24.1 Å². The third-order valence-corrected chi connectivity index (χ3v) is 8.30. The van der Waals surface area contributed by atoms with Crippen LogP contribution in [0.25, 0.3) is 0 Å². The molecule has 1 amide bonds. The highest BCUT2D eigenvalue weighted by molar-refractivity contribution is 7.92. The molecule has 0 aromatic heterocycles. The van der Waals surface area contributed by atoms with Gasteiger partial charge in [0, 0.05) is 14.1 Å². The van der Waals surface area contributed by atoms with Crippen LogP contribution in [0.15, 0.2) is 47.4 Å². The van der Waals surface area contributed by atoms with Crippen LogP contribution in [-0.4, -0.2) is 73.7 Å². The zero-order chi connectivity index (χ0) is 26.4. The van der Waals surface area contributed by atoms with Crippen LogP contribution in [0.1, 0.15) is 13.3 Å². The zero-order valence-corrected chi connectivity index (χ0v) is 22.6. The smallest absolute Gasteiger partial charge is 0.244 e. The number of sulfonamides is 2. The summed E-state index contributed by atoms with van der Waals surface area (Å²) >= 11 is 6.16. The number of ether oxygens (including phenoxy) is 2. The van der Waals surface area contributed by atoms with Gasteiger partial charge in [-0.1, -0.05) is 18.5 Å². The van der Waals surface area contributed by atoms with Gasteiger partial charge in [-0.2, -0.15) is 0 Å². The molecule has 0 heterocycles.